The van der Waals surface area contributed by atoms with Gasteiger partial charge in [0.25, 0.3) is 10.0 Å². The highest BCUT2D eigenvalue weighted by molar-refractivity contribution is 7.93. The van der Waals surface area contributed by atoms with Crippen molar-refractivity contribution < 1.29 is 23.1 Å². The van der Waals surface area contributed by atoms with Gasteiger partial charge in [-0.1, -0.05) is 24.3 Å². The van der Waals surface area contributed by atoms with Crippen LogP contribution >= 0.6 is 0 Å². The van der Waals surface area contributed by atoms with Crippen LogP contribution in [-0.2, 0) is 19.6 Å². The largest absolute Gasteiger partial charge is 0.480 e. The normalized spacial score (nSPS) is 11.8. The number of carbonyl (C=O) groups is 2. The molecule has 35 heavy (non-hydrogen) atoms. The Morgan fingerprint density at radius 3 is 2.14 bits per heavy atom. The minimum Gasteiger partial charge on any atom is -0.480 e. The number of carboxylic acid groups (broad SMARTS) is 1. The first-order valence-electron chi connectivity index (χ1n) is 11.0. The van der Waals surface area contributed by atoms with Gasteiger partial charge in [-0.05, 0) is 50.2 Å². The molecule has 0 fully saturated rings. The number of fused-ring (bicyclic) bond motifs is 1. The van der Waals surface area contributed by atoms with E-state index in [1.165, 1.54) is 0 Å². The third-order valence-corrected chi connectivity index (χ3v) is 6.92. The van der Waals surface area contributed by atoms with Crippen LogP contribution in [0.4, 0.5) is 17.1 Å². The number of anilines is 3. The Labute approximate surface area is 205 Å². The van der Waals surface area contributed by atoms with Crippen LogP contribution in [0.2, 0.25) is 0 Å². The predicted octanol–water partition coefficient (Wildman–Crippen LogP) is 3.35. The van der Waals surface area contributed by atoms with E-state index in [2.05, 4.69) is 15.4 Å². The molecular formula is C25H30N4O5S. The first-order valence-corrected chi connectivity index (χ1v) is 12.4. The van der Waals surface area contributed by atoms with Crippen LogP contribution < -0.4 is 20.3 Å². The second-order valence-electron chi connectivity index (χ2n) is 9.04. The van der Waals surface area contributed by atoms with Crippen LogP contribution in [0.15, 0.2) is 65.6 Å². The molecule has 0 aliphatic heterocycles. The second kappa shape index (κ2) is 10.3. The topological polar surface area (TPSA) is 128 Å². The molecule has 1 amide bonds. The molecule has 0 aromatic heterocycles. The average Bonchev–Trinajstić information content (AvgIpc) is 2.78. The van der Waals surface area contributed by atoms with Gasteiger partial charge in [-0.3, -0.25) is 14.3 Å². The number of nitrogens with one attached hydrogen (secondary N) is 3. The van der Waals surface area contributed by atoms with Gasteiger partial charge in [0, 0.05) is 48.5 Å². The van der Waals surface area contributed by atoms with E-state index in [9.17, 15) is 18.0 Å². The standard InChI is InChI=1S/C25H30N4O5S/c1-25(2,16-26-15-23(30)31)24(32)27-17-11-13-18(14-12-17)28-35(33,34)22-10-6-7-19-20(22)8-5-9-21(19)29(3)4/h5-14,26,28H,15-16H2,1-4H3,(H,27,32)(H,30,31). The summed E-state index contributed by atoms with van der Waals surface area (Å²) >= 11 is 0. The third kappa shape index (κ3) is 6.28. The highest BCUT2D eigenvalue weighted by atomic mass is 32.2. The molecule has 0 aliphatic carbocycles. The van der Waals surface area contributed by atoms with Gasteiger partial charge in [-0.25, -0.2) is 8.42 Å². The van der Waals surface area contributed by atoms with E-state index in [0.29, 0.717) is 16.8 Å². The van der Waals surface area contributed by atoms with Crippen molar-refractivity contribution in [3.63, 3.8) is 0 Å². The molecule has 0 aliphatic rings. The Morgan fingerprint density at radius 2 is 1.51 bits per heavy atom. The fourth-order valence-corrected chi connectivity index (χ4v) is 4.86. The van der Waals surface area contributed by atoms with E-state index < -0.39 is 21.4 Å². The van der Waals surface area contributed by atoms with E-state index in [-0.39, 0.29) is 23.9 Å². The van der Waals surface area contributed by atoms with Gasteiger partial charge in [0.15, 0.2) is 0 Å². The number of hydrogen-bond acceptors (Lipinski definition) is 6. The summed E-state index contributed by atoms with van der Waals surface area (Å²) in [4.78, 5) is 25.4. The van der Waals surface area contributed by atoms with Crippen molar-refractivity contribution in [2.24, 2.45) is 5.41 Å². The highest BCUT2D eigenvalue weighted by Gasteiger charge is 2.27. The van der Waals surface area contributed by atoms with Crippen LogP contribution in [0.1, 0.15) is 13.8 Å². The number of nitrogens with zero attached hydrogens (tertiary/aromatic N) is 1. The maximum absolute atomic E-state index is 13.2. The van der Waals surface area contributed by atoms with Crippen molar-refractivity contribution in [2.75, 3.05) is 42.1 Å². The molecule has 3 aromatic carbocycles. The number of aliphatic carboxylic acids is 1. The minimum absolute atomic E-state index is 0.173. The lowest BCUT2D eigenvalue weighted by atomic mass is 9.92. The average molecular weight is 499 g/mol. The molecule has 3 rings (SSSR count). The summed E-state index contributed by atoms with van der Waals surface area (Å²) in [6.45, 7) is 3.35. The first kappa shape index (κ1) is 26.0. The fourth-order valence-electron chi connectivity index (χ4n) is 3.58. The molecule has 0 atom stereocenters. The number of carbonyl (C=O) groups excluding carboxylic acids is 1. The molecule has 0 saturated heterocycles. The molecule has 186 valence electrons. The number of sulfonamides is 1. The highest BCUT2D eigenvalue weighted by Crippen LogP contribution is 2.31. The van der Waals surface area contributed by atoms with Crippen LogP contribution in [0.3, 0.4) is 0 Å². The summed E-state index contributed by atoms with van der Waals surface area (Å²) in [5.41, 5.74) is 0.909. The zero-order valence-corrected chi connectivity index (χ0v) is 20.9. The van der Waals surface area contributed by atoms with Crippen molar-refractivity contribution in [3.8, 4) is 0 Å². The molecule has 10 heteroatoms. The molecular weight excluding hydrogens is 468 g/mol. The number of hydrogen-bond donors (Lipinski definition) is 4. The number of carboxylic acids is 1. The van der Waals surface area contributed by atoms with Crippen molar-refractivity contribution in [1.82, 2.24) is 5.32 Å². The van der Waals surface area contributed by atoms with Crippen molar-refractivity contribution >= 4 is 49.7 Å². The molecule has 0 spiro atoms. The lowest BCUT2D eigenvalue weighted by Crippen LogP contribution is -2.41. The monoisotopic (exact) mass is 498 g/mol. The Hall–Kier alpha value is -3.63. The third-order valence-electron chi connectivity index (χ3n) is 5.48. The zero-order chi connectivity index (χ0) is 25.8. The lowest BCUT2D eigenvalue weighted by Gasteiger charge is -2.23. The molecule has 9 nitrogen and oxygen atoms in total. The summed E-state index contributed by atoms with van der Waals surface area (Å²) in [5, 5.41) is 15.7. The van der Waals surface area contributed by atoms with E-state index in [1.807, 2.05) is 37.2 Å². The van der Waals surface area contributed by atoms with E-state index >= 15 is 0 Å². The summed E-state index contributed by atoms with van der Waals surface area (Å²) in [5.74, 6) is -1.29. The molecule has 0 heterocycles. The van der Waals surface area contributed by atoms with E-state index in [1.54, 1.807) is 56.3 Å². The van der Waals surface area contributed by atoms with Crippen molar-refractivity contribution in [1.29, 1.82) is 0 Å². The Balaban J connectivity index is 1.75. The summed E-state index contributed by atoms with van der Waals surface area (Å²) in [6.07, 6.45) is 0. The number of benzene rings is 3. The molecule has 4 N–H and O–H groups in total. The van der Waals surface area contributed by atoms with Gasteiger partial charge >= 0.3 is 5.97 Å². The molecule has 0 unspecified atom stereocenters. The predicted molar refractivity (Wildman–Crippen MR) is 138 cm³/mol. The summed E-state index contributed by atoms with van der Waals surface area (Å²) < 4.78 is 29.0. The van der Waals surface area contributed by atoms with Crippen LogP contribution in [0.5, 0.6) is 0 Å². The van der Waals surface area contributed by atoms with Crippen LogP contribution in [0, 0.1) is 5.41 Å². The molecule has 0 radical (unpaired) electrons. The van der Waals surface area contributed by atoms with Gasteiger partial charge < -0.3 is 20.6 Å². The Bertz CT molecular complexity index is 1340. The van der Waals surface area contributed by atoms with Gasteiger partial charge in [0.1, 0.15) is 0 Å². The Morgan fingerprint density at radius 1 is 0.914 bits per heavy atom. The lowest BCUT2D eigenvalue weighted by molar-refractivity contribution is -0.136. The maximum atomic E-state index is 13.2. The van der Waals surface area contributed by atoms with Gasteiger partial charge in [-0.15, -0.1) is 0 Å². The molecule has 0 bridgehead atoms. The van der Waals surface area contributed by atoms with Gasteiger partial charge in [-0.2, -0.15) is 0 Å². The SMILES string of the molecule is CN(C)c1cccc2c(S(=O)(=O)Nc3ccc(NC(=O)C(C)(C)CNCC(=O)O)cc3)cccc12. The smallest absolute Gasteiger partial charge is 0.317 e. The fraction of sp³-hybridized carbons (Fsp3) is 0.280. The second-order valence-corrected chi connectivity index (χ2v) is 10.7. The zero-order valence-electron chi connectivity index (χ0n) is 20.1. The van der Waals surface area contributed by atoms with E-state index in [0.717, 1.165) is 11.1 Å². The van der Waals surface area contributed by atoms with Crippen LogP contribution in [0.25, 0.3) is 10.8 Å². The maximum Gasteiger partial charge on any atom is 0.317 e. The summed E-state index contributed by atoms with van der Waals surface area (Å²) in [6, 6.07) is 17.1. The quantitative estimate of drug-likeness (QED) is 0.338. The van der Waals surface area contributed by atoms with Gasteiger partial charge in [0.2, 0.25) is 5.91 Å². The molecule has 0 saturated carbocycles. The molecule has 3 aromatic rings. The van der Waals surface area contributed by atoms with Crippen molar-refractivity contribution in [2.45, 2.75) is 18.7 Å². The first-order chi connectivity index (χ1) is 16.4. The van der Waals surface area contributed by atoms with Crippen LogP contribution in [-0.4, -0.2) is 52.6 Å². The number of rotatable bonds is 10. The minimum atomic E-state index is -3.87. The van der Waals surface area contributed by atoms with E-state index in [4.69, 9.17) is 5.11 Å². The summed E-state index contributed by atoms with van der Waals surface area (Å²) in [7, 11) is -0.0610. The van der Waals surface area contributed by atoms with Crippen molar-refractivity contribution in [3.05, 3.63) is 60.7 Å². The Kier molecular flexibility index (Phi) is 7.67. The van der Waals surface area contributed by atoms with Gasteiger partial charge in [0.05, 0.1) is 16.9 Å². The number of amides is 1.